The zero-order valence-electron chi connectivity index (χ0n) is 24.1. The summed E-state index contributed by atoms with van der Waals surface area (Å²) in [5.41, 5.74) is 6.75. The van der Waals surface area contributed by atoms with Crippen molar-refractivity contribution in [2.24, 2.45) is 12.8 Å². The number of halogens is 3. The highest BCUT2D eigenvalue weighted by Gasteiger charge is 2.33. The standard InChI is InChI=1S/C29H30F3N5O5S2/c1-4-35-24-14-12-22(43(3,38)39)20-26(24)37(17-15-33)28(35)10-7-5-6-9-27-34(2)23-13-11-21(29(30,31)32)19-25(23)36(27)16-8-18-44(40,41)42/h5-7,9-14,19-20H,4,8,16,18,33H2,1-3H3/p+1. The Hall–Kier alpha value is -4.26. The van der Waals surface area contributed by atoms with Gasteiger partial charge in [0.1, 0.15) is 5.82 Å². The minimum Gasteiger partial charge on any atom is -0.358 e. The third-order valence-corrected chi connectivity index (χ3v) is 8.89. The van der Waals surface area contributed by atoms with E-state index >= 15 is 0 Å². The number of aromatic nitrogens is 2. The Morgan fingerprint density at radius 3 is 2.39 bits per heavy atom. The number of nitrogens with zero attached hydrogens (tertiary/aromatic N) is 4. The molecule has 4 rings (SSSR count). The van der Waals surface area contributed by atoms with E-state index in [1.54, 1.807) is 57.5 Å². The highest BCUT2D eigenvalue weighted by atomic mass is 32.2. The van der Waals surface area contributed by atoms with Gasteiger partial charge in [0.2, 0.25) is 0 Å². The summed E-state index contributed by atoms with van der Waals surface area (Å²) in [5.74, 6) is 0.579. The smallest absolute Gasteiger partial charge is 0.358 e. The van der Waals surface area contributed by atoms with Crippen LogP contribution >= 0.6 is 0 Å². The van der Waals surface area contributed by atoms with Gasteiger partial charge in [-0.3, -0.25) is 9.45 Å². The minimum absolute atomic E-state index is 0.0197. The quantitative estimate of drug-likeness (QED) is 0.118. The highest BCUT2D eigenvalue weighted by Crippen LogP contribution is 2.42. The predicted octanol–water partition coefficient (Wildman–Crippen LogP) is 3.80. The Morgan fingerprint density at radius 2 is 1.77 bits per heavy atom. The van der Waals surface area contributed by atoms with Gasteiger partial charge in [0, 0.05) is 43.5 Å². The number of imidazole rings is 1. The average Bonchev–Trinajstić information content (AvgIpc) is 3.37. The van der Waals surface area contributed by atoms with E-state index < -0.39 is 37.4 Å². The summed E-state index contributed by atoms with van der Waals surface area (Å²) in [6.07, 6.45) is 5.06. The highest BCUT2D eigenvalue weighted by molar-refractivity contribution is 7.90. The van der Waals surface area contributed by atoms with Crippen LogP contribution in [0.4, 0.5) is 24.5 Å². The maximum Gasteiger partial charge on any atom is 0.416 e. The van der Waals surface area contributed by atoms with Crippen LogP contribution in [0.1, 0.15) is 24.7 Å². The Labute approximate surface area is 253 Å². The van der Waals surface area contributed by atoms with Crippen LogP contribution < -0.4 is 20.1 Å². The van der Waals surface area contributed by atoms with Crippen molar-refractivity contribution in [1.29, 1.82) is 0 Å². The number of anilines is 2. The van der Waals surface area contributed by atoms with Crippen molar-refractivity contribution in [2.45, 2.75) is 31.0 Å². The van der Waals surface area contributed by atoms with Crippen molar-refractivity contribution in [2.75, 3.05) is 28.4 Å². The van der Waals surface area contributed by atoms with Crippen LogP contribution in [-0.2, 0) is 39.7 Å². The fourth-order valence-electron chi connectivity index (χ4n) is 5.00. The van der Waals surface area contributed by atoms with Crippen molar-refractivity contribution < 1.29 is 39.1 Å². The number of allylic oxidation sites excluding steroid dienone is 4. The molecule has 0 radical (unpaired) electrons. The molecule has 0 bridgehead atoms. The molecule has 0 fully saturated rings. The lowest BCUT2D eigenvalue weighted by atomic mass is 10.2. The van der Waals surface area contributed by atoms with Gasteiger partial charge in [0.05, 0.1) is 41.2 Å². The molecule has 3 aromatic rings. The summed E-state index contributed by atoms with van der Waals surface area (Å²) in [5, 5.41) is 0. The van der Waals surface area contributed by atoms with Crippen LogP contribution in [0.15, 0.2) is 71.4 Å². The second-order valence-corrected chi connectivity index (χ2v) is 13.5. The summed E-state index contributed by atoms with van der Waals surface area (Å²) < 4.78 is 99.6. The Kier molecular flexibility index (Phi) is 9.19. The van der Waals surface area contributed by atoms with Gasteiger partial charge in [-0.1, -0.05) is 18.2 Å². The predicted molar refractivity (Wildman–Crippen MR) is 162 cm³/mol. The lowest BCUT2D eigenvalue weighted by Gasteiger charge is -2.19. The number of nitrogens with two attached hydrogens (primary N) is 1. The average molecular weight is 651 g/mol. The van der Waals surface area contributed by atoms with Gasteiger partial charge in [-0.05, 0) is 43.3 Å². The van der Waals surface area contributed by atoms with Crippen LogP contribution in [0.3, 0.4) is 0 Å². The summed E-state index contributed by atoms with van der Waals surface area (Å²) in [4.78, 5) is 3.66. The first kappa shape index (κ1) is 32.6. The van der Waals surface area contributed by atoms with Gasteiger partial charge < -0.3 is 10.6 Å². The van der Waals surface area contributed by atoms with Crippen molar-refractivity contribution in [1.82, 2.24) is 4.57 Å². The molecule has 10 nitrogen and oxygen atoms in total. The molecule has 3 N–H and O–H groups in total. The number of fused-ring (bicyclic) bond motifs is 2. The maximum absolute atomic E-state index is 13.5. The van der Waals surface area contributed by atoms with Gasteiger partial charge in [0.25, 0.3) is 15.9 Å². The number of aryl methyl sites for hydroxylation is 2. The van der Waals surface area contributed by atoms with Gasteiger partial charge >= 0.3 is 6.18 Å². The van der Waals surface area contributed by atoms with Crippen LogP contribution in [0, 0.1) is 12.1 Å². The second kappa shape index (κ2) is 12.4. The Bertz CT molecular complexity index is 1970. The van der Waals surface area contributed by atoms with E-state index in [1.165, 1.54) is 18.2 Å². The molecule has 0 atom stereocenters. The molecule has 0 spiro atoms. The van der Waals surface area contributed by atoms with Crippen molar-refractivity contribution >= 4 is 48.4 Å². The van der Waals surface area contributed by atoms with Crippen molar-refractivity contribution in [3.8, 4) is 12.1 Å². The molecule has 1 aliphatic heterocycles. The SMILES string of the molecule is CCN1\C(=C/C=C/C=C/c2n(CCCS(=O)(=O)O)c3cc(C(F)(F)F)ccc3[n+]2C)N(C#CN)c2cc(S(C)(=O)=O)ccc21. The van der Waals surface area contributed by atoms with E-state index in [4.69, 9.17) is 10.3 Å². The van der Waals surface area contributed by atoms with E-state index in [9.17, 15) is 30.0 Å². The fourth-order valence-corrected chi connectivity index (χ4v) is 6.14. The molecule has 15 heteroatoms. The molecule has 2 heterocycles. The molecular weight excluding hydrogens is 619 g/mol. The monoisotopic (exact) mass is 650 g/mol. The van der Waals surface area contributed by atoms with E-state index in [2.05, 4.69) is 12.1 Å². The van der Waals surface area contributed by atoms with Crippen LogP contribution in [-0.4, -0.2) is 44.5 Å². The topological polar surface area (TPSA) is 130 Å². The van der Waals surface area contributed by atoms with E-state index in [0.717, 1.165) is 24.1 Å². The van der Waals surface area contributed by atoms with E-state index in [-0.39, 0.29) is 23.4 Å². The minimum atomic E-state index is -4.57. The van der Waals surface area contributed by atoms with Gasteiger partial charge in [0.15, 0.2) is 20.9 Å². The molecule has 1 aromatic heterocycles. The molecule has 0 saturated heterocycles. The lowest BCUT2D eigenvalue weighted by molar-refractivity contribution is -0.647. The summed E-state index contributed by atoms with van der Waals surface area (Å²) >= 11 is 0. The fraction of sp³-hybridized carbons (Fsp3) is 0.276. The zero-order valence-corrected chi connectivity index (χ0v) is 25.7. The molecule has 0 aliphatic carbocycles. The van der Waals surface area contributed by atoms with Crippen molar-refractivity contribution in [3.05, 3.63) is 77.9 Å². The lowest BCUT2D eigenvalue weighted by Crippen LogP contribution is -2.31. The Morgan fingerprint density at radius 1 is 1.05 bits per heavy atom. The van der Waals surface area contributed by atoms with E-state index in [0.29, 0.717) is 29.4 Å². The van der Waals surface area contributed by atoms with Crippen LogP contribution in [0.2, 0.25) is 0 Å². The third kappa shape index (κ3) is 6.93. The summed E-state index contributed by atoms with van der Waals surface area (Å²) in [6, 6.07) is 13.3. The van der Waals surface area contributed by atoms with Gasteiger partial charge in [-0.25, -0.2) is 17.6 Å². The molecule has 0 saturated carbocycles. The summed E-state index contributed by atoms with van der Waals surface area (Å²) in [6.45, 7) is 2.51. The Balaban J connectivity index is 1.70. The molecular formula is C29H31F3N5O5S2+. The molecule has 0 amide bonds. The number of alkyl halides is 3. The van der Waals surface area contributed by atoms with E-state index in [1.807, 2.05) is 11.8 Å². The summed E-state index contributed by atoms with van der Waals surface area (Å²) in [7, 11) is -6.03. The normalized spacial score (nSPS) is 15.1. The van der Waals surface area contributed by atoms with Gasteiger partial charge in [-0.15, -0.1) is 0 Å². The molecule has 2 aromatic carbocycles. The molecule has 234 valence electrons. The first-order chi connectivity index (χ1) is 20.6. The van der Waals surface area contributed by atoms with Gasteiger partial charge in [-0.2, -0.15) is 21.6 Å². The second-order valence-electron chi connectivity index (χ2n) is 9.94. The molecule has 44 heavy (non-hydrogen) atoms. The third-order valence-electron chi connectivity index (χ3n) is 6.98. The van der Waals surface area contributed by atoms with Crippen molar-refractivity contribution in [3.63, 3.8) is 0 Å². The number of sulfone groups is 1. The van der Waals surface area contributed by atoms with Crippen LogP contribution in [0.5, 0.6) is 0 Å². The molecule has 0 unspecified atom stereocenters. The number of hydrogen-bond donors (Lipinski definition) is 2. The molecule has 1 aliphatic rings. The first-order valence-electron chi connectivity index (χ1n) is 13.3. The number of rotatable bonds is 9. The first-order valence-corrected chi connectivity index (χ1v) is 16.8. The largest absolute Gasteiger partial charge is 0.416 e. The number of benzene rings is 2. The zero-order chi connectivity index (χ0) is 32.4. The maximum atomic E-state index is 13.5. The number of hydrogen-bond acceptors (Lipinski definition) is 7. The van der Waals surface area contributed by atoms with Crippen LogP contribution in [0.25, 0.3) is 17.1 Å².